The van der Waals surface area contributed by atoms with Gasteiger partial charge in [-0.05, 0) is 32.4 Å². The molecule has 3 heterocycles. The van der Waals surface area contributed by atoms with Crippen molar-refractivity contribution in [3.8, 4) is 17.3 Å². The summed E-state index contributed by atoms with van der Waals surface area (Å²) in [5, 5.41) is 13.9. The summed E-state index contributed by atoms with van der Waals surface area (Å²) in [6, 6.07) is 10.1. The quantitative estimate of drug-likeness (QED) is 0.424. The molecule has 1 fully saturated rings. The number of amides is 1. The first-order valence-corrected chi connectivity index (χ1v) is 10.5. The maximum atomic E-state index is 12.7. The zero-order valence-electron chi connectivity index (χ0n) is 18.1. The average molecular weight is 428 g/mol. The monoisotopic (exact) mass is 427 g/mol. The zero-order chi connectivity index (χ0) is 22.7. The smallest absolute Gasteiger partial charge is 0.249 e. The minimum Gasteiger partial charge on any atom is -0.402 e. The summed E-state index contributed by atoms with van der Waals surface area (Å²) in [6.45, 7) is 4.78. The number of rotatable bonds is 5. The molecule has 0 aliphatic carbocycles. The number of nitriles is 1. The van der Waals surface area contributed by atoms with Gasteiger partial charge in [0.05, 0.1) is 17.5 Å². The van der Waals surface area contributed by atoms with Crippen LogP contribution in [0.5, 0.6) is 0 Å². The molecule has 0 bridgehead atoms. The Bertz CT molecular complexity index is 1260. The molecule has 3 aromatic rings. The fraction of sp³-hybridized carbons (Fsp3) is 0.250. The number of hydrogen-bond donors (Lipinski definition) is 3. The van der Waals surface area contributed by atoms with Crippen LogP contribution in [0.25, 0.3) is 22.2 Å². The molecule has 0 unspecified atom stereocenters. The van der Waals surface area contributed by atoms with Gasteiger partial charge < -0.3 is 20.9 Å². The lowest BCUT2D eigenvalue weighted by molar-refractivity contribution is -0.126. The van der Waals surface area contributed by atoms with Gasteiger partial charge in [-0.3, -0.25) is 4.79 Å². The van der Waals surface area contributed by atoms with Gasteiger partial charge in [0.15, 0.2) is 0 Å². The Labute approximate surface area is 186 Å². The lowest BCUT2D eigenvalue weighted by Crippen LogP contribution is -2.32. The summed E-state index contributed by atoms with van der Waals surface area (Å²) in [5.41, 5.74) is 9.77. The van der Waals surface area contributed by atoms with Gasteiger partial charge in [0, 0.05) is 53.1 Å². The highest BCUT2D eigenvalue weighted by atomic mass is 16.2. The van der Waals surface area contributed by atoms with Gasteiger partial charge in [-0.1, -0.05) is 24.3 Å². The number of benzene rings is 1. The van der Waals surface area contributed by atoms with Crippen LogP contribution in [-0.4, -0.2) is 44.9 Å². The average Bonchev–Trinajstić information content (AvgIpc) is 3.44. The van der Waals surface area contributed by atoms with Crippen molar-refractivity contribution in [2.75, 3.05) is 18.4 Å². The predicted molar refractivity (Wildman–Crippen MR) is 124 cm³/mol. The molecule has 8 heteroatoms. The van der Waals surface area contributed by atoms with Crippen LogP contribution in [0.4, 0.5) is 5.95 Å². The molecule has 1 amide bonds. The molecule has 0 saturated carbocycles. The number of nitrogens with zero attached hydrogens (tertiary/aromatic N) is 4. The molecule has 0 spiro atoms. The van der Waals surface area contributed by atoms with E-state index in [9.17, 15) is 10.1 Å². The van der Waals surface area contributed by atoms with Crippen molar-refractivity contribution in [3.05, 3.63) is 65.6 Å². The topological polar surface area (TPSA) is 124 Å². The number of carbonyl (C=O) groups is 1. The number of hydrogen-bond acceptors (Lipinski definition) is 6. The van der Waals surface area contributed by atoms with Gasteiger partial charge >= 0.3 is 0 Å². The number of para-hydroxylation sites is 1. The minimum absolute atomic E-state index is 0.00738. The fourth-order valence-electron chi connectivity index (χ4n) is 3.83. The minimum atomic E-state index is -0.00738. The molecular formula is C24H25N7O. The lowest BCUT2D eigenvalue weighted by atomic mass is 10.1. The summed E-state index contributed by atoms with van der Waals surface area (Å²) in [4.78, 5) is 26.7. The van der Waals surface area contributed by atoms with Crippen molar-refractivity contribution in [2.24, 2.45) is 5.73 Å². The van der Waals surface area contributed by atoms with E-state index in [0.29, 0.717) is 41.6 Å². The second-order valence-corrected chi connectivity index (χ2v) is 7.96. The second-order valence-electron chi connectivity index (χ2n) is 7.96. The standard InChI is InChI=1S/C24H25N7O/c1-15(7-8-16(2)26)23(32)31-10-9-18(14-31)29-24-28-12-17(11-25)22(30-24)20-13-27-21-6-4-3-5-19(20)21/h3-8,12-13,18,27H,9-10,14,26H2,1-2H3,(H,28,29,30)/b15-7+,16-8+/t18-/m1/s1. The van der Waals surface area contributed by atoms with Crippen LogP contribution >= 0.6 is 0 Å². The molecule has 8 nitrogen and oxygen atoms in total. The summed E-state index contributed by atoms with van der Waals surface area (Å²) in [5.74, 6) is 0.435. The van der Waals surface area contributed by atoms with E-state index < -0.39 is 0 Å². The van der Waals surface area contributed by atoms with E-state index in [1.165, 1.54) is 0 Å². The Morgan fingerprint density at radius 2 is 2.16 bits per heavy atom. The Balaban J connectivity index is 1.52. The third-order valence-corrected chi connectivity index (χ3v) is 5.50. The zero-order valence-corrected chi connectivity index (χ0v) is 18.1. The number of H-pyrrole nitrogens is 1. The van der Waals surface area contributed by atoms with Gasteiger partial charge in [-0.25, -0.2) is 9.97 Å². The first-order chi connectivity index (χ1) is 15.5. The summed E-state index contributed by atoms with van der Waals surface area (Å²) >= 11 is 0. The largest absolute Gasteiger partial charge is 0.402 e. The van der Waals surface area contributed by atoms with E-state index in [0.717, 1.165) is 22.9 Å². The van der Waals surface area contributed by atoms with E-state index in [1.54, 1.807) is 32.2 Å². The number of nitrogens with one attached hydrogen (secondary N) is 2. The highest BCUT2D eigenvalue weighted by Gasteiger charge is 2.27. The number of carbonyl (C=O) groups excluding carboxylic acids is 1. The number of nitrogens with two attached hydrogens (primary N) is 1. The normalized spacial score (nSPS) is 16.9. The second kappa shape index (κ2) is 8.94. The molecule has 162 valence electrons. The first kappa shape index (κ1) is 21.1. The van der Waals surface area contributed by atoms with Crippen LogP contribution in [0.3, 0.4) is 0 Å². The fourth-order valence-corrected chi connectivity index (χ4v) is 3.83. The van der Waals surface area contributed by atoms with E-state index >= 15 is 0 Å². The predicted octanol–water partition coefficient (Wildman–Crippen LogP) is 3.32. The van der Waals surface area contributed by atoms with Gasteiger partial charge in [0.25, 0.3) is 0 Å². The highest BCUT2D eigenvalue weighted by molar-refractivity contribution is 5.96. The maximum Gasteiger partial charge on any atom is 0.249 e. The SMILES string of the molecule is C/C(N)=C\C=C(/C)C(=O)N1CC[C@@H](Nc2ncc(C#N)c(-c3c[nH]c4ccccc34)n2)C1. The van der Waals surface area contributed by atoms with Gasteiger partial charge in [-0.15, -0.1) is 0 Å². The van der Waals surface area contributed by atoms with E-state index in [4.69, 9.17) is 5.73 Å². The van der Waals surface area contributed by atoms with Crippen LogP contribution in [0.15, 0.2) is 60.1 Å². The van der Waals surface area contributed by atoms with Crippen molar-refractivity contribution >= 4 is 22.8 Å². The summed E-state index contributed by atoms with van der Waals surface area (Å²) in [6.07, 6.45) is 7.67. The number of allylic oxidation sites excluding steroid dienone is 3. The van der Waals surface area contributed by atoms with Gasteiger partial charge in [-0.2, -0.15) is 5.26 Å². The molecule has 2 aromatic heterocycles. The summed E-state index contributed by atoms with van der Waals surface area (Å²) < 4.78 is 0. The van der Waals surface area contributed by atoms with Crippen LogP contribution in [-0.2, 0) is 4.79 Å². The van der Waals surface area contributed by atoms with Crippen molar-refractivity contribution in [1.82, 2.24) is 19.9 Å². The molecule has 1 aliphatic rings. The van der Waals surface area contributed by atoms with Gasteiger partial charge in [0.1, 0.15) is 6.07 Å². The number of anilines is 1. The highest BCUT2D eigenvalue weighted by Crippen LogP contribution is 2.30. The van der Waals surface area contributed by atoms with Crippen molar-refractivity contribution < 1.29 is 4.79 Å². The molecular weight excluding hydrogens is 402 g/mol. The number of aromatic amines is 1. The third kappa shape index (κ3) is 4.32. The molecule has 4 rings (SSSR count). The molecule has 0 radical (unpaired) electrons. The van der Waals surface area contributed by atoms with E-state index in [2.05, 4.69) is 26.3 Å². The number of aromatic nitrogens is 3. The van der Waals surface area contributed by atoms with Crippen LogP contribution in [0, 0.1) is 11.3 Å². The maximum absolute atomic E-state index is 12.7. The van der Waals surface area contributed by atoms with E-state index in [-0.39, 0.29) is 11.9 Å². The molecule has 1 aromatic carbocycles. The Hall–Kier alpha value is -4.12. The van der Waals surface area contributed by atoms with Gasteiger partial charge in [0.2, 0.25) is 11.9 Å². The third-order valence-electron chi connectivity index (χ3n) is 5.50. The molecule has 1 aliphatic heterocycles. The molecule has 1 saturated heterocycles. The number of fused-ring (bicyclic) bond motifs is 1. The van der Waals surface area contributed by atoms with Crippen LogP contribution in [0.2, 0.25) is 0 Å². The van der Waals surface area contributed by atoms with Crippen molar-refractivity contribution in [3.63, 3.8) is 0 Å². The van der Waals surface area contributed by atoms with Crippen LogP contribution < -0.4 is 11.1 Å². The first-order valence-electron chi connectivity index (χ1n) is 10.5. The Morgan fingerprint density at radius 1 is 1.34 bits per heavy atom. The Kier molecular flexibility index (Phi) is 5.90. The Morgan fingerprint density at radius 3 is 2.94 bits per heavy atom. The lowest BCUT2D eigenvalue weighted by Gasteiger charge is -2.17. The summed E-state index contributed by atoms with van der Waals surface area (Å²) in [7, 11) is 0. The molecule has 32 heavy (non-hydrogen) atoms. The molecule has 4 N–H and O–H groups in total. The van der Waals surface area contributed by atoms with E-state index in [1.807, 2.05) is 35.4 Å². The van der Waals surface area contributed by atoms with Crippen molar-refractivity contribution in [1.29, 1.82) is 5.26 Å². The number of likely N-dealkylation sites (tertiary alicyclic amines) is 1. The molecule has 1 atom stereocenters. The van der Waals surface area contributed by atoms with Crippen LogP contribution in [0.1, 0.15) is 25.8 Å². The van der Waals surface area contributed by atoms with Crippen molar-refractivity contribution in [2.45, 2.75) is 26.3 Å².